The lowest BCUT2D eigenvalue weighted by Gasteiger charge is -2.15. The van der Waals surface area contributed by atoms with Gasteiger partial charge in [-0.15, -0.1) is 5.92 Å². The summed E-state index contributed by atoms with van der Waals surface area (Å²) in [5.41, 5.74) is 1.35. The third kappa shape index (κ3) is 5.71. The molecule has 0 amide bonds. The number of fused-ring (bicyclic) bond motifs is 1. The van der Waals surface area contributed by atoms with Crippen molar-refractivity contribution >= 4 is 18.8 Å². The Labute approximate surface area is 141 Å². The molecule has 23 heavy (non-hydrogen) atoms. The smallest absolute Gasteiger partial charge is 0.0573 e. The fourth-order valence-corrected chi connectivity index (χ4v) is 3.11. The topological polar surface area (TPSA) is 12.0 Å². The standard InChI is InChI=1S/C21H27NSi/c1-18(22-16-9-5-6-10-17-23(2,3)4)20-15-11-13-19-12-7-8-14-21(19)20/h5,7-9,11-15,18,22H,16-17H2,1-4H3/b9-5+/t18-/m1/s1. The number of allylic oxidation sites excluding steroid dienone is 1. The maximum atomic E-state index is 3.55. The van der Waals surface area contributed by atoms with Gasteiger partial charge in [0.05, 0.1) is 8.07 Å². The molecule has 2 aromatic carbocycles. The Kier molecular flexibility index (Phi) is 6.21. The number of hydrogen-bond donors (Lipinski definition) is 1. The van der Waals surface area contributed by atoms with Gasteiger partial charge in [-0.1, -0.05) is 74.1 Å². The van der Waals surface area contributed by atoms with Crippen LogP contribution in [0.3, 0.4) is 0 Å². The minimum absolute atomic E-state index is 0.320. The highest BCUT2D eigenvalue weighted by atomic mass is 28.3. The van der Waals surface area contributed by atoms with Crippen LogP contribution in [0, 0.1) is 11.8 Å². The summed E-state index contributed by atoms with van der Waals surface area (Å²) in [7, 11) is -1.04. The molecule has 0 aliphatic heterocycles. The molecule has 0 saturated carbocycles. The van der Waals surface area contributed by atoms with Crippen LogP contribution in [0.15, 0.2) is 54.6 Å². The van der Waals surface area contributed by atoms with E-state index in [-0.39, 0.29) is 0 Å². The molecule has 2 aromatic rings. The van der Waals surface area contributed by atoms with Crippen molar-refractivity contribution in [3.05, 3.63) is 60.2 Å². The fourth-order valence-electron chi connectivity index (χ4n) is 2.48. The molecule has 1 atom stereocenters. The predicted octanol–water partition coefficient (Wildman–Crippen LogP) is 5.39. The first kappa shape index (κ1) is 17.5. The van der Waals surface area contributed by atoms with Gasteiger partial charge in [0.1, 0.15) is 0 Å². The Balaban J connectivity index is 1.91. The van der Waals surface area contributed by atoms with Gasteiger partial charge in [0.2, 0.25) is 0 Å². The minimum Gasteiger partial charge on any atom is -0.307 e. The summed E-state index contributed by atoms with van der Waals surface area (Å²) >= 11 is 0. The van der Waals surface area contributed by atoms with Gasteiger partial charge in [0.15, 0.2) is 0 Å². The van der Waals surface area contributed by atoms with E-state index in [1.807, 2.05) is 6.08 Å². The van der Waals surface area contributed by atoms with Crippen molar-refractivity contribution in [3.63, 3.8) is 0 Å². The highest BCUT2D eigenvalue weighted by Gasteiger charge is 2.09. The van der Waals surface area contributed by atoms with E-state index >= 15 is 0 Å². The van der Waals surface area contributed by atoms with Gasteiger partial charge in [-0.05, 0) is 29.3 Å². The summed E-state index contributed by atoms with van der Waals surface area (Å²) in [6.07, 6.45) is 4.09. The van der Waals surface area contributed by atoms with Crippen molar-refractivity contribution in [2.75, 3.05) is 6.54 Å². The molecular formula is C21H27NSi. The van der Waals surface area contributed by atoms with E-state index in [0.29, 0.717) is 6.04 Å². The zero-order valence-corrected chi connectivity index (χ0v) is 15.7. The van der Waals surface area contributed by atoms with Crippen molar-refractivity contribution in [3.8, 4) is 11.8 Å². The van der Waals surface area contributed by atoms with Crippen LogP contribution in [0.1, 0.15) is 18.5 Å². The fraction of sp³-hybridized carbons (Fsp3) is 0.333. The average Bonchev–Trinajstić information content (AvgIpc) is 2.52. The molecule has 0 spiro atoms. The molecule has 0 fully saturated rings. The molecule has 0 aliphatic rings. The molecular weight excluding hydrogens is 294 g/mol. The third-order valence-corrected chi connectivity index (χ3v) is 4.99. The first-order valence-corrected chi connectivity index (χ1v) is 12.0. The Morgan fingerprint density at radius 2 is 1.83 bits per heavy atom. The van der Waals surface area contributed by atoms with E-state index in [9.17, 15) is 0 Å². The van der Waals surface area contributed by atoms with E-state index in [1.165, 1.54) is 16.3 Å². The molecule has 2 rings (SSSR count). The van der Waals surface area contributed by atoms with Gasteiger partial charge in [-0.2, -0.15) is 0 Å². The Morgan fingerprint density at radius 3 is 2.61 bits per heavy atom. The largest absolute Gasteiger partial charge is 0.307 e. The van der Waals surface area contributed by atoms with E-state index in [4.69, 9.17) is 0 Å². The van der Waals surface area contributed by atoms with Crippen LogP contribution < -0.4 is 5.32 Å². The monoisotopic (exact) mass is 321 g/mol. The van der Waals surface area contributed by atoms with Crippen LogP contribution in [-0.2, 0) is 0 Å². The van der Waals surface area contributed by atoms with E-state index in [0.717, 1.165) is 12.6 Å². The summed E-state index contributed by atoms with van der Waals surface area (Å²) in [5, 5.41) is 6.18. The van der Waals surface area contributed by atoms with Gasteiger partial charge in [-0.3, -0.25) is 0 Å². The second-order valence-corrected chi connectivity index (χ2v) is 12.6. The zero-order chi connectivity index (χ0) is 16.7. The zero-order valence-electron chi connectivity index (χ0n) is 14.7. The van der Waals surface area contributed by atoms with Crippen molar-refractivity contribution < 1.29 is 0 Å². The molecule has 1 nitrogen and oxygen atoms in total. The van der Waals surface area contributed by atoms with Crippen LogP contribution in [0.4, 0.5) is 0 Å². The van der Waals surface area contributed by atoms with Crippen LogP contribution in [0.2, 0.25) is 25.7 Å². The lowest BCUT2D eigenvalue weighted by atomic mass is 10.00. The van der Waals surface area contributed by atoms with Crippen molar-refractivity contribution in [1.29, 1.82) is 0 Å². The molecule has 0 aromatic heterocycles. The number of nitrogens with one attached hydrogen (secondary N) is 1. The lowest BCUT2D eigenvalue weighted by Crippen LogP contribution is -2.18. The van der Waals surface area contributed by atoms with E-state index in [2.05, 4.69) is 92.3 Å². The second kappa shape index (κ2) is 8.15. The van der Waals surface area contributed by atoms with Crippen LogP contribution >= 0.6 is 0 Å². The van der Waals surface area contributed by atoms with Gasteiger partial charge < -0.3 is 5.32 Å². The SMILES string of the molecule is C[C@@H](NC/C=C/C#CC[Si](C)(C)C)c1cccc2ccccc12. The summed E-state index contributed by atoms with van der Waals surface area (Å²) in [5.74, 6) is 6.42. The molecule has 2 heteroatoms. The summed E-state index contributed by atoms with van der Waals surface area (Å²) in [4.78, 5) is 0. The summed E-state index contributed by atoms with van der Waals surface area (Å²) in [6.45, 7) is 10.1. The van der Waals surface area contributed by atoms with Crippen molar-refractivity contribution in [1.82, 2.24) is 5.32 Å². The first-order valence-electron chi connectivity index (χ1n) is 8.32. The highest BCUT2D eigenvalue weighted by molar-refractivity contribution is 6.76. The Bertz CT molecular complexity index is 723. The first-order chi connectivity index (χ1) is 11.0. The third-order valence-electron chi connectivity index (χ3n) is 3.75. The molecule has 0 saturated heterocycles. The van der Waals surface area contributed by atoms with Crippen LogP contribution in [0.25, 0.3) is 10.8 Å². The molecule has 0 bridgehead atoms. The second-order valence-electron chi connectivity index (χ2n) is 7.16. The molecule has 0 unspecified atom stereocenters. The highest BCUT2D eigenvalue weighted by Crippen LogP contribution is 2.23. The summed E-state index contributed by atoms with van der Waals surface area (Å²) in [6, 6.07) is 16.4. The van der Waals surface area contributed by atoms with Crippen molar-refractivity contribution in [2.24, 2.45) is 0 Å². The van der Waals surface area contributed by atoms with E-state index in [1.54, 1.807) is 0 Å². The molecule has 1 N–H and O–H groups in total. The Hall–Kier alpha value is -1.82. The number of rotatable bonds is 5. The number of benzene rings is 2. The van der Waals surface area contributed by atoms with Crippen molar-refractivity contribution in [2.45, 2.75) is 38.7 Å². The molecule has 120 valence electrons. The van der Waals surface area contributed by atoms with Gasteiger partial charge in [0.25, 0.3) is 0 Å². The normalized spacial score (nSPS) is 13.0. The van der Waals surface area contributed by atoms with Gasteiger partial charge >= 0.3 is 0 Å². The number of hydrogen-bond acceptors (Lipinski definition) is 1. The van der Waals surface area contributed by atoms with E-state index < -0.39 is 8.07 Å². The van der Waals surface area contributed by atoms with Gasteiger partial charge in [-0.25, -0.2) is 0 Å². The molecule has 0 radical (unpaired) electrons. The van der Waals surface area contributed by atoms with Gasteiger partial charge in [0, 0.05) is 18.6 Å². The average molecular weight is 322 g/mol. The molecule has 0 heterocycles. The quantitative estimate of drug-likeness (QED) is 0.575. The maximum absolute atomic E-state index is 3.55. The van der Waals surface area contributed by atoms with Crippen LogP contribution in [0.5, 0.6) is 0 Å². The Morgan fingerprint density at radius 1 is 1.09 bits per heavy atom. The predicted molar refractivity (Wildman–Crippen MR) is 105 cm³/mol. The lowest BCUT2D eigenvalue weighted by molar-refractivity contribution is 0.621. The minimum atomic E-state index is -1.04. The molecule has 0 aliphatic carbocycles. The maximum Gasteiger partial charge on any atom is 0.0573 e. The van der Waals surface area contributed by atoms with Crippen LogP contribution in [-0.4, -0.2) is 14.6 Å². The summed E-state index contributed by atoms with van der Waals surface area (Å²) < 4.78 is 0.